The molecular weight excluding hydrogens is 121 g/mol. The predicted molar refractivity (Wildman–Crippen MR) is 50.4 cm³/mol. The third-order valence-corrected chi connectivity index (χ3v) is 1.75. The topological polar surface area (TPSA) is 3.24 Å². The Hall–Kier alpha value is 0.0249. The molecule has 10 heavy (non-hydrogen) atoms. The molecule has 0 aliphatic heterocycles. The van der Waals surface area contributed by atoms with Gasteiger partial charge in [-0.3, -0.25) is 0 Å². The minimum absolute atomic E-state index is 0.722. The first-order valence-corrected chi connectivity index (χ1v) is 4.46. The number of nitrogens with zero attached hydrogens (tertiary/aromatic N) is 1. The summed E-state index contributed by atoms with van der Waals surface area (Å²) in [6.07, 6.45) is 2.55. The largest absolute Gasteiger partial charge is 0.302 e. The van der Waals surface area contributed by atoms with Crippen molar-refractivity contribution in [3.63, 3.8) is 0 Å². The normalized spacial score (nSPS) is 11.3. The van der Waals surface area contributed by atoms with Crippen LogP contribution in [0.2, 0.25) is 6.32 Å². The van der Waals surface area contributed by atoms with Crippen LogP contribution in [0.3, 0.4) is 0 Å². The van der Waals surface area contributed by atoms with E-state index in [2.05, 4.69) is 33.5 Å². The highest BCUT2D eigenvalue weighted by molar-refractivity contribution is 6.08. The van der Waals surface area contributed by atoms with Gasteiger partial charge in [-0.05, 0) is 33.4 Å². The maximum absolute atomic E-state index is 2.53. The molecule has 0 rings (SSSR count). The van der Waals surface area contributed by atoms with Gasteiger partial charge in [0.25, 0.3) is 0 Å². The summed E-state index contributed by atoms with van der Waals surface area (Å²) in [6.45, 7) is 9.29. The molecule has 0 saturated heterocycles. The summed E-state index contributed by atoms with van der Waals surface area (Å²) in [6, 6.07) is 0.722. The average molecular weight is 141 g/mol. The van der Waals surface area contributed by atoms with Crippen LogP contribution in [0.15, 0.2) is 0 Å². The highest BCUT2D eigenvalue weighted by atomic mass is 15.1. The van der Waals surface area contributed by atoms with Crippen molar-refractivity contribution in [2.45, 2.75) is 39.6 Å². The third kappa shape index (κ3) is 3.94. The molecule has 0 heterocycles. The van der Waals surface area contributed by atoms with E-state index in [1.165, 1.54) is 25.8 Å². The summed E-state index contributed by atoms with van der Waals surface area (Å²) in [5.74, 6) is 0. The summed E-state index contributed by atoms with van der Waals surface area (Å²) < 4.78 is 0. The van der Waals surface area contributed by atoms with Crippen LogP contribution in [-0.2, 0) is 0 Å². The van der Waals surface area contributed by atoms with E-state index < -0.39 is 0 Å². The van der Waals surface area contributed by atoms with Crippen LogP contribution in [0.5, 0.6) is 0 Å². The summed E-state index contributed by atoms with van der Waals surface area (Å²) in [5, 5.41) is 0. The summed E-state index contributed by atoms with van der Waals surface area (Å²) in [7, 11) is 2.24. The third-order valence-electron chi connectivity index (χ3n) is 1.75. The zero-order chi connectivity index (χ0) is 7.98. The van der Waals surface area contributed by atoms with Crippen molar-refractivity contribution in [3.05, 3.63) is 0 Å². The van der Waals surface area contributed by atoms with Gasteiger partial charge in [-0.25, -0.2) is 0 Å². The predicted octanol–water partition coefficient (Wildman–Crippen LogP) is 1.16. The lowest BCUT2D eigenvalue weighted by Gasteiger charge is -2.25. The van der Waals surface area contributed by atoms with Crippen molar-refractivity contribution in [3.8, 4) is 0 Å². The lowest BCUT2D eigenvalue weighted by Crippen LogP contribution is -2.32. The Kier molecular flexibility index (Phi) is 5.80. The molecule has 0 saturated carbocycles. The lowest BCUT2D eigenvalue weighted by molar-refractivity contribution is 0.234. The fourth-order valence-electron chi connectivity index (χ4n) is 1.20. The van der Waals surface area contributed by atoms with Crippen molar-refractivity contribution in [2.75, 3.05) is 13.1 Å². The molecule has 0 amide bonds. The molecular formula is C8H20BN. The minimum atomic E-state index is 0.722. The van der Waals surface area contributed by atoms with Crippen LogP contribution in [0.4, 0.5) is 0 Å². The van der Waals surface area contributed by atoms with Crippen LogP contribution in [0.1, 0.15) is 27.2 Å². The van der Waals surface area contributed by atoms with E-state index in [1.807, 2.05) is 0 Å². The summed E-state index contributed by atoms with van der Waals surface area (Å²) in [5.41, 5.74) is 0. The summed E-state index contributed by atoms with van der Waals surface area (Å²) >= 11 is 0. The van der Waals surface area contributed by atoms with Crippen molar-refractivity contribution in [2.24, 2.45) is 0 Å². The van der Waals surface area contributed by atoms with Crippen LogP contribution in [-0.4, -0.2) is 31.9 Å². The first kappa shape index (κ1) is 10.0. The van der Waals surface area contributed by atoms with Gasteiger partial charge in [-0.2, -0.15) is 0 Å². The van der Waals surface area contributed by atoms with E-state index in [0.29, 0.717) is 0 Å². The molecule has 0 unspecified atom stereocenters. The van der Waals surface area contributed by atoms with Crippen LogP contribution in [0.25, 0.3) is 0 Å². The van der Waals surface area contributed by atoms with Crippen LogP contribution >= 0.6 is 0 Å². The van der Waals surface area contributed by atoms with Crippen molar-refractivity contribution < 1.29 is 0 Å². The fourth-order valence-corrected chi connectivity index (χ4v) is 1.20. The molecule has 0 aromatic heterocycles. The number of hydrogen-bond donors (Lipinski definition) is 0. The molecule has 1 nitrogen and oxygen atoms in total. The quantitative estimate of drug-likeness (QED) is 0.519. The molecule has 0 aromatic carbocycles. The average Bonchev–Trinajstić information content (AvgIpc) is 1.87. The Morgan fingerprint density at radius 1 is 1.30 bits per heavy atom. The second-order valence-corrected chi connectivity index (χ2v) is 3.13. The zero-order valence-electron chi connectivity index (χ0n) is 7.85. The van der Waals surface area contributed by atoms with E-state index in [0.717, 1.165) is 6.04 Å². The molecule has 2 heteroatoms. The Bertz CT molecular complexity index is 67.7. The van der Waals surface area contributed by atoms with Gasteiger partial charge >= 0.3 is 0 Å². The molecule has 0 N–H and O–H groups in total. The number of rotatable bonds is 5. The number of hydrogen-bond acceptors (Lipinski definition) is 1. The van der Waals surface area contributed by atoms with E-state index in [9.17, 15) is 0 Å². The van der Waals surface area contributed by atoms with Crippen molar-refractivity contribution in [1.29, 1.82) is 0 Å². The Balaban J connectivity index is 3.50. The fraction of sp³-hybridized carbons (Fsp3) is 1.00. The smallest absolute Gasteiger partial charge is 0.103 e. The van der Waals surface area contributed by atoms with Gasteiger partial charge in [-0.1, -0.05) is 13.2 Å². The second kappa shape index (κ2) is 5.78. The molecule has 0 aliphatic carbocycles. The maximum atomic E-state index is 2.53. The highest BCUT2D eigenvalue weighted by Crippen LogP contribution is 1.99. The van der Waals surface area contributed by atoms with E-state index in [1.54, 1.807) is 0 Å². The molecule has 0 radical (unpaired) electrons. The van der Waals surface area contributed by atoms with Gasteiger partial charge in [0.05, 0.1) is 0 Å². The van der Waals surface area contributed by atoms with Crippen LogP contribution in [0, 0.1) is 0 Å². The van der Waals surface area contributed by atoms with Gasteiger partial charge in [0.1, 0.15) is 7.85 Å². The Labute approximate surface area is 66.2 Å². The molecule has 60 valence electrons. The molecule has 0 fully saturated rings. The molecule has 0 atom stereocenters. The first-order valence-electron chi connectivity index (χ1n) is 4.46. The standard InChI is InChI=1S/C8H20BN/c1-4-6-10(7-5-9)8(2)3/h8H,4-7,9H2,1-3H3. The maximum Gasteiger partial charge on any atom is 0.103 e. The van der Waals surface area contributed by atoms with Crippen molar-refractivity contribution in [1.82, 2.24) is 4.90 Å². The Morgan fingerprint density at radius 2 is 1.90 bits per heavy atom. The Morgan fingerprint density at radius 3 is 2.20 bits per heavy atom. The van der Waals surface area contributed by atoms with E-state index in [-0.39, 0.29) is 0 Å². The van der Waals surface area contributed by atoms with Crippen LogP contribution < -0.4 is 0 Å². The first-order chi connectivity index (χ1) is 4.72. The summed E-state index contributed by atoms with van der Waals surface area (Å²) in [4.78, 5) is 2.53. The molecule has 0 aromatic rings. The monoisotopic (exact) mass is 141 g/mol. The molecule has 0 aliphatic rings. The SMILES string of the molecule is BCCN(CCC)C(C)C. The highest BCUT2D eigenvalue weighted by Gasteiger charge is 2.04. The minimum Gasteiger partial charge on any atom is -0.302 e. The van der Waals surface area contributed by atoms with Gasteiger partial charge in [0.15, 0.2) is 0 Å². The van der Waals surface area contributed by atoms with Gasteiger partial charge in [0.2, 0.25) is 0 Å². The second-order valence-electron chi connectivity index (χ2n) is 3.13. The molecule has 0 spiro atoms. The lowest BCUT2D eigenvalue weighted by atomic mass is 10.0. The zero-order valence-corrected chi connectivity index (χ0v) is 7.85. The van der Waals surface area contributed by atoms with E-state index >= 15 is 0 Å². The van der Waals surface area contributed by atoms with Gasteiger partial charge in [-0.15, -0.1) is 0 Å². The van der Waals surface area contributed by atoms with Gasteiger partial charge < -0.3 is 4.90 Å². The van der Waals surface area contributed by atoms with Gasteiger partial charge in [0, 0.05) is 6.04 Å². The van der Waals surface area contributed by atoms with E-state index in [4.69, 9.17) is 0 Å². The molecule has 0 bridgehead atoms. The van der Waals surface area contributed by atoms with Crippen molar-refractivity contribution >= 4 is 7.85 Å².